The monoisotopic (exact) mass is 790 g/mol. The number of nitrogens with zero attached hydrogens (tertiary/aromatic N) is 2. The van der Waals surface area contributed by atoms with Gasteiger partial charge in [0.15, 0.2) is 0 Å². The highest BCUT2D eigenvalue weighted by Gasteiger charge is 2.45. The number of aliphatic imine (C=N–C) groups is 2. The normalized spacial score (nSPS) is 15.9. The van der Waals surface area contributed by atoms with E-state index in [0.717, 1.165) is 29.5 Å². The van der Waals surface area contributed by atoms with Gasteiger partial charge < -0.3 is 31.3 Å². The molecule has 0 saturated heterocycles. The van der Waals surface area contributed by atoms with Gasteiger partial charge in [-0.05, 0) is 95.8 Å². The van der Waals surface area contributed by atoms with E-state index in [-0.39, 0.29) is 30.0 Å². The number of nitrogens with one attached hydrogen (secondary N) is 6. The molecule has 6 N–H and O–H groups in total. The van der Waals surface area contributed by atoms with E-state index in [0.29, 0.717) is 40.5 Å². The maximum absolute atomic E-state index is 13.1. The van der Waals surface area contributed by atoms with E-state index in [1.165, 1.54) is 5.56 Å². The molecule has 4 aromatic carbocycles. The maximum atomic E-state index is 13.1. The minimum Gasteiger partial charge on any atom is -0.351 e. The summed E-state index contributed by atoms with van der Waals surface area (Å²) in [5, 5.41) is 19.1. The van der Waals surface area contributed by atoms with Crippen molar-refractivity contribution in [2.75, 3.05) is 23.7 Å². The lowest BCUT2D eigenvalue weighted by Gasteiger charge is -2.27. The third-order valence-electron chi connectivity index (χ3n) is 9.82. The van der Waals surface area contributed by atoms with E-state index >= 15 is 0 Å². The summed E-state index contributed by atoms with van der Waals surface area (Å²) >= 11 is 6.18. The topological polar surface area (TPSA) is 157 Å². The van der Waals surface area contributed by atoms with Crippen molar-refractivity contribution in [1.82, 2.24) is 21.3 Å². The average Bonchev–Trinajstić information content (AvgIpc) is 3.96. The summed E-state index contributed by atoms with van der Waals surface area (Å²) in [6.07, 6.45) is 1.05. The van der Waals surface area contributed by atoms with Crippen LogP contribution in [0, 0.1) is 12.3 Å². The fourth-order valence-corrected chi connectivity index (χ4v) is 6.18. The minimum absolute atomic E-state index is 0.0521. The molecular formula is C44H51ClN8O4. The maximum Gasteiger partial charge on any atom is 0.313 e. The molecule has 6 rings (SSSR count). The van der Waals surface area contributed by atoms with Gasteiger partial charge in [-0.2, -0.15) is 9.98 Å². The number of guanidine groups is 2. The Balaban J connectivity index is 1.05. The quantitative estimate of drug-likeness (QED) is 0.0848. The third kappa shape index (κ3) is 11.4. The molecule has 2 aliphatic rings. The summed E-state index contributed by atoms with van der Waals surface area (Å²) in [7, 11) is 0. The molecule has 0 aromatic heterocycles. The molecule has 0 radical (unpaired) electrons. The fourth-order valence-electron chi connectivity index (χ4n) is 6.06. The van der Waals surface area contributed by atoms with Gasteiger partial charge in [-0.1, -0.05) is 100 Å². The van der Waals surface area contributed by atoms with Crippen LogP contribution in [0.3, 0.4) is 0 Å². The molecule has 1 fully saturated rings. The Morgan fingerprint density at radius 1 is 0.772 bits per heavy atom. The molecule has 3 amide bonds. The van der Waals surface area contributed by atoms with E-state index in [4.69, 9.17) is 26.3 Å². The first-order valence-electron chi connectivity index (χ1n) is 19.0. The van der Waals surface area contributed by atoms with Gasteiger partial charge in [0, 0.05) is 35.1 Å². The van der Waals surface area contributed by atoms with Crippen molar-refractivity contribution >= 4 is 52.6 Å². The van der Waals surface area contributed by atoms with Crippen molar-refractivity contribution in [2.45, 2.75) is 78.3 Å². The first kappa shape index (κ1) is 40.9. The second-order valence-corrected chi connectivity index (χ2v) is 16.9. The Labute approximate surface area is 339 Å². The zero-order chi connectivity index (χ0) is 40.8. The van der Waals surface area contributed by atoms with Crippen LogP contribution in [0.25, 0.3) is 0 Å². The van der Waals surface area contributed by atoms with Gasteiger partial charge in [-0.15, -0.1) is 0 Å². The number of benzene rings is 4. The first-order valence-corrected chi connectivity index (χ1v) is 19.4. The highest BCUT2D eigenvalue weighted by Crippen LogP contribution is 2.45. The Morgan fingerprint density at radius 2 is 1.39 bits per heavy atom. The number of rotatable bonds is 12. The molecular weight excluding hydrogens is 740 g/mol. The number of halogens is 1. The van der Waals surface area contributed by atoms with Gasteiger partial charge in [0.25, 0.3) is 12.3 Å². The predicted molar refractivity (Wildman–Crippen MR) is 226 cm³/mol. The second kappa shape index (κ2) is 17.2. The highest BCUT2D eigenvalue weighted by atomic mass is 35.5. The molecule has 4 aromatic rings. The van der Waals surface area contributed by atoms with Crippen LogP contribution in [0.15, 0.2) is 107 Å². The van der Waals surface area contributed by atoms with Crippen LogP contribution < -0.4 is 31.9 Å². The zero-order valence-corrected chi connectivity index (χ0v) is 34.0. The van der Waals surface area contributed by atoms with E-state index in [1.807, 2.05) is 57.2 Å². The van der Waals surface area contributed by atoms with E-state index in [1.54, 1.807) is 36.4 Å². The zero-order valence-electron chi connectivity index (χ0n) is 33.3. The van der Waals surface area contributed by atoms with Gasteiger partial charge in [0.1, 0.15) is 0 Å². The van der Waals surface area contributed by atoms with Crippen molar-refractivity contribution in [3.63, 3.8) is 0 Å². The number of anilines is 2. The minimum atomic E-state index is -0.819. The van der Waals surface area contributed by atoms with E-state index in [9.17, 15) is 14.4 Å². The lowest BCUT2D eigenvalue weighted by Crippen LogP contribution is -2.51. The number of hydrogen-bond donors (Lipinski definition) is 6. The van der Waals surface area contributed by atoms with Crippen molar-refractivity contribution in [3.05, 3.63) is 130 Å². The molecule has 13 heteroatoms. The Hall–Kier alpha value is -5.72. The standard InChI is InChI=1S/C44H51ClN8O4/c1-28-7-19-34(20-8-28)48-38(56)37(55)47-27-43(5,6)26-46-36(54)30-11-21-35(22-12-30)49-39-50-40(53-44(23-24-44)32-15-17-33(45)18-16-32)52-41(51-39)57-25-29-9-13-31(14-10-29)42(2,3)4/h7-22,41H,23-27H2,1-6H3,(H,46,54)(H,47,55)(H,48,56)(H3,49,50,51,52,53). The molecule has 1 saturated carbocycles. The number of carbonyl (C=O) groups excluding carboxylic acids is 3. The van der Waals surface area contributed by atoms with Gasteiger partial charge in [0.2, 0.25) is 11.9 Å². The molecule has 12 nitrogen and oxygen atoms in total. The molecule has 1 aliphatic heterocycles. The molecule has 1 heterocycles. The predicted octanol–water partition coefficient (Wildman–Crippen LogP) is 6.96. The van der Waals surface area contributed by atoms with Crippen molar-refractivity contribution in [2.24, 2.45) is 15.4 Å². The van der Waals surface area contributed by atoms with Crippen LogP contribution in [0.5, 0.6) is 0 Å². The fraction of sp³-hybridized carbons (Fsp3) is 0.341. The largest absolute Gasteiger partial charge is 0.351 e. The second-order valence-electron chi connectivity index (χ2n) is 16.4. The lowest BCUT2D eigenvalue weighted by molar-refractivity contribution is -0.136. The van der Waals surface area contributed by atoms with Crippen molar-refractivity contribution < 1.29 is 19.1 Å². The van der Waals surface area contributed by atoms with Gasteiger partial charge >= 0.3 is 11.8 Å². The van der Waals surface area contributed by atoms with Gasteiger partial charge in [-0.25, -0.2) is 0 Å². The van der Waals surface area contributed by atoms with Crippen LogP contribution in [-0.2, 0) is 31.9 Å². The van der Waals surface area contributed by atoms with Crippen LogP contribution >= 0.6 is 11.6 Å². The summed E-state index contributed by atoms with van der Waals surface area (Å²) in [5.74, 6) is -0.820. The van der Waals surface area contributed by atoms with Crippen LogP contribution in [0.2, 0.25) is 5.02 Å². The highest BCUT2D eigenvalue weighted by molar-refractivity contribution is 6.39. The molecule has 1 unspecified atom stereocenters. The first-order chi connectivity index (χ1) is 27.1. The van der Waals surface area contributed by atoms with Crippen LogP contribution in [0.1, 0.15) is 80.1 Å². The molecule has 0 bridgehead atoms. The summed E-state index contributed by atoms with van der Waals surface area (Å²) in [6.45, 7) is 13.0. The number of ether oxygens (including phenoxy) is 1. The SMILES string of the molecule is Cc1ccc(NC(=O)C(=O)NCC(C)(C)CNC(=O)c2ccc(NC3=NC(OCc4ccc(C(C)(C)C)cc4)N=C(NC4(c5ccc(Cl)cc5)CC4)N3)cc2)cc1. The Kier molecular flexibility index (Phi) is 12.3. The third-order valence-corrected chi connectivity index (χ3v) is 10.1. The summed E-state index contributed by atoms with van der Waals surface area (Å²) in [5.41, 5.74) is 5.35. The number of carbonyl (C=O) groups is 3. The number of hydrogen-bond acceptors (Lipinski definition) is 9. The number of amides is 3. The summed E-state index contributed by atoms with van der Waals surface area (Å²) < 4.78 is 6.22. The number of aryl methyl sites for hydroxylation is 1. The van der Waals surface area contributed by atoms with E-state index < -0.39 is 23.6 Å². The van der Waals surface area contributed by atoms with Crippen LogP contribution in [-0.4, -0.2) is 49.1 Å². The smallest absolute Gasteiger partial charge is 0.313 e. The Bertz CT molecular complexity index is 2120. The van der Waals surface area contributed by atoms with Gasteiger partial charge in [0.05, 0.1) is 12.1 Å². The average molecular weight is 791 g/mol. The molecule has 0 spiro atoms. The lowest BCUT2D eigenvalue weighted by atomic mass is 9.87. The van der Waals surface area contributed by atoms with Gasteiger partial charge in [-0.3, -0.25) is 19.7 Å². The molecule has 1 atom stereocenters. The summed E-state index contributed by atoms with van der Waals surface area (Å²) in [6, 6.07) is 30.4. The molecule has 298 valence electrons. The van der Waals surface area contributed by atoms with Crippen molar-refractivity contribution in [1.29, 1.82) is 0 Å². The van der Waals surface area contributed by atoms with E-state index in [2.05, 4.69) is 76.9 Å². The van der Waals surface area contributed by atoms with Crippen molar-refractivity contribution in [3.8, 4) is 0 Å². The molecule has 1 aliphatic carbocycles. The Morgan fingerprint density at radius 3 is 2.02 bits per heavy atom. The summed E-state index contributed by atoms with van der Waals surface area (Å²) in [4.78, 5) is 47.4. The molecule has 57 heavy (non-hydrogen) atoms. The van der Waals surface area contributed by atoms with Crippen LogP contribution in [0.4, 0.5) is 11.4 Å².